The monoisotopic (exact) mass is 632 g/mol. The summed E-state index contributed by atoms with van der Waals surface area (Å²) in [5.74, 6) is -1.74. The summed E-state index contributed by atoms with van der Waals surface area (Å²) in [4.78, 5) is 50.9. The van der Waals surface area contributed by atoms with Gasteiger partial charge in [-0.3, -0.25) is 14.5 Å². The van der Waals surface area contributed by atoms with Crippen LogP contribution in [0.3, 0.4) is 0 Å². The molecular weight excluding hydrogens is 572 g/mol. The molecule has 258 valence electrons. The van der Waals surface area contributed by atoms with E-state index in [1.54, 1.807) is 0 Å². The highest BCUT2D eigenvalue weighted by atomic mass is 16.7. The van der Waals surface area contributed by atoms with Crippen molar-refractivity contribution >= 4 is 24.2 Å². The number of aliphatic carboxylic acids is 2. The topological polar surface area (TPSA) is 152 Å². The van der Waals surface area contributed by atoms with Crippen LogP contribution in [0.5, 0.6) is 0 Å². The third-order valence-corrected chi connectivity index (χ3v) is 7.50. The summed E-state index contributed by atoms with van der Waals surface area (Å²) in [6.45, 7) is 12.7. The van der Waals surface area contributed by atoms with Crippen LogP contribution in [0.4, 0.5) is 9.59 Å². The normalized spacial score (nSPS) is 12.6. The molecule has 0 rings (SSSR count). The highest BCUT2D eigenvalue weighted by Crippen LogP contribution is 2.16. The zero-order valence-electron chi connectivity index (χ0n) is 27.8. The molecule has 12 heteroatoms. The van der Waals surface area contributed by atoms with E-state index in [9.17, 15) is 19.2 Å². The fourth-order valence-corrected chi connectivity index (χ4v) is 4.74. The number of carboxylic acid groups (broad SMARTS) is 2. The van der Waals surface area contributed by atoms with Gasteiger partial charge in [0.1, 0.15) is 25.4 Å². The summed E-state index contributed by atoms with van der Waals surface area (Å²) >= 11 is 0. The van der Waals surface area contributed by atoms with E-state index in [1.807, 2.05) is 0 Å². The molecule has 0 aliphatic heterocycles. The molecular formula is C32H60N2O10. The van der Waals surface area contributed by atoms with Gasteiger partial charge >= 0.3 is 24.2 Å². The summed E-state index contributed by atoms with van der Waals surface area (Å²) < 4.78 is 21.8. The van der Waals surface area contributed by atoms with Crippen molar-refractivity contribution in [2.75, 3.05) is 52.5 Å². The van der Waals surface area contributed by atoms with Gasteiger partial charge in [-0.25, -0.2) is 9.59 Å². The van der Waals surface area contributed by atoms with E-state index in [0.717, 1.165) is 58.2 Å². The lowest BCUT2D eigenvalue weighted by Gasteiger charge is -2.26. The van der Waals surface area contributed by atoms with Gasteiger partial charge in [0.15, 0.2) is 0 Å². The number of nitrogens with zero attached hydrogens (tertiary/aromatic N) is 2. The van der Waals surface area contributed by atoms with Crippen LogP contribution in [0.2, 0.25) is 0 Å². The average Bonchev–Trinajstić information content (AvgIpc) is 2.97. The predicted octanol–water partition coefficient (Wildman–Crippen LogP) is 6.34. The number of carbonyl (C=O) groups is 4. The van der Waals surface area contributed by atoms with E-state index in [1.165, 1.54) is 0 Å². The third-order valence-electron chi connectivity index (χ3n) is 7.50. The van der Waals surface area contributed by atoms with Crippen molar-refractivity contribution in [2.24, 2.45) is 0 Å². The van der Waals surface area contributed by atoms with Gasteiger partial charge in [0, 0.05) is 39.0 Å². The minimum Gasteiger partial charge on any atom is -0.481 e. The number of unbranched alkanes of at least 4 members (excludes halogenated alkanes) is 4. The molecule has 0 saturated heterocycles. The zero-order valence-corrected chi connectivity index (χ0v) is 27.8. The van der Waals surface area contributed by atoms with Gasteiger partial charge in [0.2, 0.25) is 0 Å². The Morgan fingerprint density at radius 3 is 1.30 bits per heavy atom. The second-order valence-corrected chi connectivity index (χ2v) is 11.1. The van der Waals surface area contributed by atoms with Gasteiger partial charge in [-0.15, -0.1) is 0 Å². The van der Waals surface area contributed by atoms with Gasteiger partial charge in [-0.2, -0.15) is 0 Å². The maximum atomic E-state index is 12.4. The maximum absolute atomic E-state index is 12.4. The molecule has 0 bridgehead atoms. The number of rotatable bonds is 29. The van der Waals surface area contributed by atoms with E-state index in [4.69, 9.17) is 29.2 Å². The number of hydrogen-bond acceptors (Lipinski definition) is 10. The van der Waals surface area contributed by atoms with Crippen LogP contribution >= 0.6 is 0 Å². The second-order valence-electron chi connectivity index (χ2n) is 11.1. The van der Waals surface area contributed by atoms with Gasteiger partial charge in [0.25, 0.3) is 0 Å². The summed E-state index contributed by atoms with van der Waals surface area (Å²) in [7, 11) is 0. The highest BCUT2D eigenvalue weighted by molar-refractivity contribution is 5.67. The molecule has 0 amide bonds. The van der Waals surface area contributed by atoms with Crippen LogP contribution in [0.1, 0.15) is 118 Å². The molecule has 0 heterocycles. The predicted molar refractivity (Wildman–Crippen MR) is 168 cm³/mol. The van der Waals surface area contributed by atoms with Crippen molar-refractivity contribution in [1.29, 1.82) is 0 Å². The van der Waals surface area contributed by atoms with Crippen LogP contribution in [0.25, 0.3) is 0 Å². The Bertz CT molecular complexity index is 709. The molecule has 12 nitrogen and oxygen atoms in total. The molecule has 0 aromatic heterocycles. The van der Waals surface area contributed by atoms with Gasteiger partial charge in [-0.1, -0.05) is 53.4 Å². The quantitative estimate of drug-likeness (QED) is 0.0698. The number of hydrogen-bond donors (Lipinski definition) is 2. The van der Waals surface area contributed by atoms with Gasteiger partial charge < -0.3 is 34.1 Å². The fraction of sp³-hybridized carbons (Fsp3) is 0.875. The van der Waals surface area contributed by atoms with Crippen molar-refractivity contribution in [1.82, 2.24) is 9.80 Å². The lowest BCUT2D eigenvalue weighted by molar-refractivity contribution is -0.138. The minimum atomic E-state index is -0.871. The number of ether oxygens (including phenoxy) is 4. The fourth-order valence-electron chi connectivity index (χ4n) is 4.74. The molecule has 44 heavy (non-hydrogen) atoms. The lowest BCUT2D eigenvalue weighted by atomic mass is 10.1. The van der Waals surface area contributed by atoms with Crippen molar-refractivity contribution in [3.63, 3.8) is 0 Å². The van der Waals surface area contributed by atoms with Crippen LogP contribution in [-0.2, 0) is 28.5 Å². The van der Waals surface area contributed by atoms with E-state index in [2.05, 4.69) is 37.5 Å². The van der Waals surface area contributed by atoms with Crippen LogP contribution < -0.4 is 0 Å². The highest BCUT2D eigenvalue weighted by Gasteiger charge is 2.19. The summed E-state index contributed by atoms with van der Waals surface area (Å²) in [6.07, 6.45) is 6.83. The molecule has 0 aromatic rings. The van der Waals surface area contributed by atoms with E-state index in [0.29, 0.717) is 58.2 Å². The van der Waals surface area contributed by atoms with Crippen molar-refractivity contribution in [3.8, 4) is 0 Å². The average molecular weight is 633 g/mol. The molecule has 0 aliphatic carbocycles. The largest absolute Gasteiger partial charge is 0.508 e. The Morgan fingerprint density at radius 2 is 0.932 bits per heavy atom. The van der Waals surface area contributed by atoms with Crippen LogP contribution in [-0.4, -0.2) is 109 Å². The van der Waals surface area contributed by atoms with E-state index >= 15 is 0 Å². The molecule has 2 atom stereocenters. The Balaban J connectivity index is 4.88. The van der Waals surface area contributed by atoms with E-state index < -0.39 is 24.2 Å². The molecule has 2 unspecified atom stereocenters. The smallest absolute Gasteiger partial charge is 0.481 e. The standard InChI is InChI=1S/C32H60N2O10/c1-5-9-11-15-27(17-13-19-29(35)36)43-31(39)41-25-23-34(22-21-33(7-3)8-4)24-26-42-32(40)44-28(16-12-10-6-2)18-14-20-30(37)38/h27-28H,5-26H2,1-4H3,(H,35,36)(H,37,38). The molecule has 0 radical (unpaired) electrons. The Kier molecular flexibility index (Phi) is 26.3. The SMILES string of the molecule is CCCCCC(CCCC(=O)O)OC(=O)OCCN(CCOC(=O)OC(CCCCC)CCCC(=O)O)CCN(CC)CC. The Labute approximate surface area is 264 Å². The van der Waals surface area contributed by atoms with Crippen LogP contribution in [0, 0.1) is 0 Å². The summed E-state index contributed by atoms with van der Waals surface area (Å²) in [6, 6.07) is 0. The summed E-state index contributed by atoms with van der Waals surface area (Å²) in [5.41, 5.74) is 0. The number of carboxylic acids is 2. The van der Waals surface area contributed by atoms with Crippen LogP contribution in [0.15, 0.2) is 0 Å². The Morgan fingerprint density at radius 1 is 0.545 bits per heavy atom. The summed E-state index contributed by atoms with van der Waals surface area (Å²) in [5, 5.41) is 17.9. The molecule has 0 spiro atoms. The minimum absolute atomic E-state index is 0.0318. The molecule has 0 fully saturated rings. The second kappa shape index (κ2) is 27.9. The first-order valence-corrected chi connectivity index (χ1v) is 16.7. The number of carbonyl (C=O) groups excluding carboxylic acids is 2. The third kappa shape index (κ3) is 24.8. The first-order chi connectivity index (χ1) is 21.1. The number of likely N-dealkylation sites (N-methyl/N-ethyl adjacent to an activating group) is 1. The molecule has 2 N–H and O–H groups in total. The molecule has 0 saturated carbocycles. The maximum Gasteiger partial charge on any atom is 0.508 e. The van der Waals surface area contributed by atoms with Crippen molar-refractivity contribution in [3.05, 3.63) is 0 Å². The first kappa shape index (κ1) is 41.4. The van der Waals surface area contributed by atoms with E-state index in [-0.39, 0.29) is 38.3 Å². The molecule has 0 aromatic carbocycles. The van der Waals surface area contributed by atoms with Gasteiger partial charge in [-0.05, 0) is 64.5 Å². The Hall–Kier alpha value is -2.60. The lowest BCUT2D eigenvalue weighted by Crippen LogP contribution is -2.39. The molecule has 0 aliphatic rings. The van der Waals surface area contributed by atoms with Crippen molar-refractivity contribution < 1.29 is 48.3 Å². The van der Waals surface area contributed by atoms with Gasteiger partial charge in [0.05, 0.1) is 0 Å². The van der Waals surface area contributed by atoms with Crippen molar-refractivity contribution in [2.45, 2.75) is 130 Å². The zero-order chi connectivity index (χ0) is 33.0. The first-order valence-electron chi connectivity index (χ1n) is 16.7.